The molecule has 0 saturated heterocycles. The highest BCUT2D eigenvalue weighted by Gasteiger charge is 2.24. The van der Waals surface area contributed by atoms with Crippen molar-refractivity contribution in [2.75, 3.05) is 4.90 Å². The largest absolute Gasteiger partial charge is 0.278 e. The highest BCUT2D eigenvalue weighted by Crippen LogP contribution is 2.35. The first-order valence-electron chi connectivity index (χ1n) is 8.56. The fourth-order valence-corrected chi connectivity index (χ4v) is 4.66. The van der Waals surface area contributed by atoms with Crippen LogP contribution in [0.3, 0.4) is 0 Å². The van der Waals surface area contributed by atoms with Gasteiger partial charge in [-0.3, -0.25) is 14.7 Å². The van der Waals surface area contributed by atoms with Gasteiger partial charge in [0.05, 0.1) is 28.0 Å². The van der Waals surface area contributed by atoms with Gasteiger partial charge in [-0.1, -0.05) is 41.1 Å². The Labute approximate surface area is 185 Å². The molecule has 0 aliphatic rings. The molecule has 140 valence electrons. The summed E-state index contributed by atoms with van der Waals surface area (Å²) in [5.41, 5.74) is 3.19. The fraction of sp³-hybridized carbons (Fsp3) is 0.0952. The summed E-state index contributed by atoms with van der Waals surface area (Å²) >= 11 is 9.93. The maximum absolute atomic E-state index is 13.4. The van der Waals surface area contributed by atoms with Crippen LogP contribution >= 0.6 is 45.5 Å². The molecule has 28 heavy (non-hydrogen) atoms. The number of benzene rings is 2. The molecule has 7 heteroatoms. The van der Waals surface area contributed by atoms with E-state index in [0.717, 1.165) is 25.0 Å². The summed E-state index contributed by atoms with van der Waals surface area (Å²) in [5, 5.41) is 1.31. The second-order valence-electron chi connectivity index (χ2n) is 6.21. The normalized spacial score (nSPS) is 11.0. The molecule has 0 aliphatic carbocycles. The van der Waals surface area contributed by atoms with Crippen molar-refractivity contribution < 1.29 is 4.79 Å². The summed E-state index contributed by atoms with van der Waals surface area (Å²) in [7, 11) is 0. The monoisotopic (exact) mass is 519 g/mol. The van der Waals surface area contributed by atoms with E-state index in [1.165, 1.54) is 11.3 Å². The number of carbonyl (C=O) groups excluding carboxylic acids is 1. The third-order valence-corrected chi connectivity index (χ3v) is 6.76. The van der Waals surface area contributed by atoms with E-state index in [9.17, 15) is 4.79 Å². The SMILES string of the molecule is Cc1c(Cl)ccc2sc(N(Cc3ccccn3)C(=O)c3ccccc3I)nc12. The molecule has 0 aliphatic heterocycles. The maximum Gasteiger partial charge on any atom is 0.261 e. The van der Waals surface area contributed by atoms with E-state index in [0.29, 0.717) is 22.3 Å². The second kappa shape index (κ2) is 8.14. The minimum atomic E-state index is -0.0986. The van der Waals surface area contributed by atoms with Crippen LogP contribution in [0.5, 0.6) is 0 Å². The Bertz CT molecular complexity index is 1160. The number of amides is 1. The molecule has 0 radical (unpaired) electrons. The van der Waals surface area contributed by atoms with E-state index < -0.39 is 0 Å². The molecular formula is C21H15ClIN3OS. The zero-order valence-electron chi connectivity index (χ0n) is 14.9. The topological polar surface area (TPSA) is 46.1 Å². The first-order chi connectivity index (χ1) is 13.5. The molecule has 0 fully saturated rings. The Kier molecular flexibility index (Phi) is 5.61. The average Bonchev–Trinajstić information content (AvgIpc) is 3.14. The standard InChI is InChI=1S/C21H15ClIN3OS/c1-13-16(22)9-10-18-19(13)25-21(28-18)26(12-14-6-4-5-11-24-14)20(27)15-7-2-3-8-17(15)23/h2-11H,12H2,1H3. The molecule has 4 aromatic rings. The Morgan fingerprint density at radius 3 is 2.68 bits per heavy atom. The van der Waals surface area contributed by atoms with E-state index in [2.05, 4.69) is 27.6 Å². The van der Waals surface area contributed by atoms with Crippen LogP contribution in [0.4, 0.5) is 5.13 Å². The number of hydrogen-bond acceptors (Lipinski definition) is 4. The van der Waals surface area contributed by atoms with Crippen LogP contribution in [0.15, 0.2) is 60.8 Å². The molecular weight excluding hydrogens is 505 g/mol. The van der Waals surface area contributed by atoms with Crippen molar-refractivity contribution in [3.05, 3.63) is 86.2 Å². The summed E-state index contributed by atoms with van der Waals surface area (Å²) in [6, 6.07) is 17.1. The van der Waals surface area contributed by atoms with Gasteiger partial charge in [0.15, 0.2) is 5.13 Å². The van der Waals surface area contributed by atoms with Crippen LogP contribution in [-0.2, 0) is 6.54 Å². The van der Waals surface area contributed by atoms with Gasteiger partial charge in [-0.05, 0) is 71.5 Å². The molecule has 0 atom stereocenters. The van der Waals surface area contributed by atoms with Gasteiger partial charge in [-0.15, -0.1) is 0 Å². The molecule has 2 aromatic carbocycles. The number of halogens is 2. The lowest BCUT2D eigenvalue weighted by Crippen LogP contribution is -2.31. The number of thiazole rings is 1. The zero-order valence-corrected chi connectivity index (χ0v) is 18.6. The maximum atomic E-state index is 13.4. The minimum absolute atomic E-state index is 0.0986. The van der Waals surface area contributed by atoms with Crippen molar-refractivity contribution in [1.82, 2.24) is 9.97 Å². The van der Waals surface area contributed by atoms with Gasteiger partial charge in [0.2, 0.25) is 0 Å². The van der Waals surface area contributed by atoms with Crippen molar-refractivity contribution >= 4 is 66.8 Å². The van der Waals surface area contributed by atoms with Gasteiger partial charge in [-0.2, -0.15) is 0 Å². The molecule has 4 rings (SSSR count). The van der Waals surface area contributed by atoms with Crippen LogP contribution in [0, 0.1) is 10.5 Å². The van der Waals surface area contributed by atoms with Crippen LogP contribution in [0.25, 0.3) is 10.2 Å². The molecule has 4 nitrogen and oxygen atoms in total. The molecule has 1 amide bonds. The molecule has 2 heterocycles. The van der Waals surface area contributed by atoms with Gasteiger partial charge in [-0.25, -0.2) is 4.98 Å². The number of rotatable bonds is 4. The van der Waals surface area contributed by atoms with Crippen molar-refractivity contribution in [3.8, 4) is 0 Å². The van der Waals surface area contributed by atoms with Gasteiger partial charge in [0.25, 0.3) is 5.91 Å². The number of pyridine rings is 1. The van der Waals surface area contributed by atoms with Crippen LogP contribution in [0.2, 0.25) is 5.02 Å². The van der Waals surface area contributed by atoms with Gasteiger partial charge < -0.3 is 0 Å². The van der Waals surface area contributed by atoms with Crippen molar-refractivity contribution in [2.45, 2.75) is 13.5 Å². The first kappa shape index (κ1) is 19.3. The Morgan fingerprint density at radius 2 is 1.93 bits per heavy atom. The average molecular weight is 520 g/mol. The Hall–Kier alpha value is -2.03. The number of nitrogens with zero attached hydrogens (tertiary/aromatic N) is 3. The summed E-state index contributed by atoms with van der Waals surface area (Å²) < 4.78 is 1.90. The lowest BCUT2D eigenvalue weighted by Gasteiger charge is -2.20. The molecule has 0 unspecified atom stereocenters. The lowest BCUT2D eigenvalue weighted by atomic mass is 10.2. The van der Waals surface area contributed by atoms with Gasteiger partial charge >= 0.3 is 0 Å². The van der Waals surface area contributed by atoms with E-state index in [-0.39, 0.29) is 5.91 Å². The third kappa shape index (κ3) is 3.76. The predicted molar refractivity (Wildman–Crippen MR) is 123 cm³/mol. The van der Waals surface area contributed by atoms with Crippen molar-refractivity contribution in [1.29, 1.82) is 0 Å². The van der Waals surface area contributed by atoms with E-state index >= 15 is 0 Å². The second-order valence-corrected chi connectivity index (χ2v) is 8.79. The van der Waals surface area contributed by atoms with E-state index in [1.807, 2.05) is 61.5 Å². The summed E-state index contributed by atoms with van der Waals surface area (Å²) in [5.74, 6) is -0.0986. The highest BCUT2D eigenvalue weighted by molar-refractivity contribution is 14.1. The van der Waals surface area contributed by atoms with Gasteiger partial charge in [0, 0.05) is 14.8 Å². The Balaban J connectivity index is 1.82. The molecule has 0 saturated carbocycles. The quantitative estimate of drug-likeness (QED) is 0.306. The predicted octanol–water partition coefficient (Wildman–Crippen LogP) is 6.10. The Morgan fingerprint density at radius 1 is 1.14 bits per heavy atom. The summed E-state index contributed by atoms with van der Waals surface area (Å²) in [6.45, 7) is 2.29. The third-order valence-electron chi connectivity index (χ3n) is 4.36. The van der Waals surface area contributed by atoms with Crippen molar-refractivity contribution in [2.24, 2.45) is 0 Å². The zero-order chi connectivity index (χ0) is 19.7. The fourth-order valence-electron chi connectivity index (χ4n) is 2.86. The van der Waals surface area contributed by atoms with Gasteiger partial charge in [0.1, 0.15) is 0 Å². The number of aromatic nitrogens is 2. The first-order valence-corrected chi connectivity index (χ1v) is 10.8. The number of anilines is 1. The molecule has 0 N–H and O–H groups in total. The number of carbonyl (C=O) groups is 1. The number of aryl methyl sites for hydroxylation is 1. The molecule has 0 bridgehead atoms. The molecule has 0 spiro atoms. The van der Waals surface area contributed by atoms with E-state index in [4.69, 9.17) is 16.6 Å². The molecule has 2 aromatic heterocycles. The van der Waals surface area contributed by atoms with Crippen LogP contribution in [0.1, 0.15) is 21.6 Å². The number of hydrogen-bond donors (Lipinski definition) is 0. The summed E-state index contributed by atoms with van der Waals surface area (Å²) in [6.07, 6.45) is 1.73. The van der Waals surface area contributed by atoms with Crippen LogP contribution in [-0.4, -0.2) is 15.9 Å². The summed E-state index contributed by atoms with van der Waals surface area (Å²) in [4.78, 5) is 24.3. The smallest absolute Gasteiger partial charge is 0.261 e. The lowest BCUT2D eigenvalue weighted by molar-refractivity contribution is 0.0984. The van der Waals surface area contributed by atoms with E-state index in [1.54, 1.807) is 11.1 Å². The minimum Gasteiger partial charge on any atom is -0.278 e. The highest BCUT2D eigenvalue weighted by atomic mass is 127. The van der Waals surface area contributed by atoms with Crippen LogP contribution < -0.4 is 4.90 Å². The number of fused-ring (bicyclic) bond motifs is 1. The van der Waals surface area contributed by atoms with Crippen molar-refractivity contribution in [3.63, 3.8) is 0 Å².